The zero-order chi connectivity index (χ0) is 35.1. The third-order valence-electron chi connectivity index (χ3n) is 8.45. The van der Waals surface area contributed by atoms with E-state index < -0.39 is 51.0 Å². The summed E-state index contributed by atoms with van der Waals surface area (Å²) in [4.78, 5) is 10.5. The summed E-state index contributed by atoms with van der Waals surface area (Å²) in [5.41, 5.74) is 0. The van der Waals surface area contributed by atoms with Gasteiger partial charge in [0.1, 0.15) is 20.4 Å². The molecule has 0 aliphatic rings. The van der Waals surface area contributed by atoms with Gasteiger partial charge in [-0.2, -0.15) is 25.3 Å². The summed E-state index contributed by atoms with van der Waals surface area (Å²) in [6, 6.07) is 6.49. The molecule has 0 unspecified atom stereocenters. The number of allylic oxidation sites excluding steroid dienone is 2. The second-order valence-corrected chi connectivity index (χ2v) is 16.2. The van der Waals surface area contributed by atoms with Crippen LogP contribution in [0.1, 0.15) is 96.8 Å². The molecular formula is C34H42Na3O11S3. The van der Waals surface area contributed by atoms with Crippen molar-refractivity contribution in [3.8, 4) is 5.75 Å². The van der Waals surface area contributed by atoms with E-state index in [0.717, 1.165) is 50.7 Å². The van der Waals surface area contributed by atoms with Crippen molar-refractivity contribution in [1.29, 1.82) is 0 Å². The molecule has 265 valence electrons. The third-order valence-corrected chi connectivity index (χ3v) is 11.1. The zero-order valence-corrected chi connectivity index (χ0v) is 38.3. The minimum Gasteiger partial charge on any atom is -0.426 e. The van der Waals surface area contributed by atoms with Gasteiger partial charge in [-0.1, -0.05) is 88.6 Å². The maximum absolute atomic E-state index is 12.9. The molecule has 0 spiro atoms. The monoisotopic (exact) mass is 791 g/mol. The van der Waals surface area contributed by atoms with Crippen LogP contribution in [0.5, 0.6) is 5.75 Å². The van der Waals surface area contributed by atoms with Gasteiger partial charge in [0.05, 0.1) is 0 Å². The van der Waals surface area contributed by atoms with Crippen LogP contribution in [0.2, 0.25) is 0 Å². The van der Waals surface area contributed by atoms with Crippen LogP contribution in [-0.4, -0.2) is 134 Å². The van der Waals surface area contributed by atoms with Crippen molar-refractivity contribution in [3.05, 3.63) is 48.6 Å². The summed E-state index contributed by atoms with van der Waals surface area (Å²) < 4.78 is 109. The second-order valence-electron chi connectivity index (χ2n) is 12.1. The maximum atomic E-state index is 12.9. The summed E-state index contributed by atoms with van der Waals surface area (Å²) in [6.45, 7) is 2.21. The van der Waals surface area contributed by atoms with Gasteiger partial charge in [-0.3, -0.25) is 18.5 Å². The molecule has 0 fully saturated rings. The van der Waals surface area contributed by atoms with E-state index in [9.17, 15) is 43.7 Å². The normalized spacial score (nSPS) is 12.2. The predicted octanol–water partition coefficient (Wildman–Crippen LogP) is 7.12. The van der Waals surface area contributed by atoms with Gasteiger partial charge in [0.2, 0.25) is 0 Å². The van der Waals surface area contributed by atoms with Crippen LogP contribution in [0.15, 0.2) is 63.2 Å². The molecule has 0 aliphatic heterocycles. The Bertz CT molecular complexity index is 2080. The van der Waals surface area contributed by atoms with Gasteiger partial charge in [-0.05, 0) is 44.2 Å². The Morgan fingerprint density at radius 3 is 1.39 bits per heavy atom. The Labute approximate surface area is 367 Å². The Balaban J connectivity index is 0.00000433. The predicted molar refractivity (Wildman–Crippen MR) is 202 cm³/mol. The van der Waals surface area contributed by atoms with Crippen LogP contribution in [0.4, 0.5) is 0 Å². The minimum atomic E-state index is -5.04. The van der Waals surface area contributed by atoms with Crippen molar-refractivity contribution in [3.63, 3.8) is 0 Å². The second kappa shape index (κ2) is 21.8. The molecule has 0 aliphatic carbocycles. The molecule has 0 atom stereocenters. The molecule has 4 aromatic carbocycles. The Morgan fingerprint density at radius 1 is 0.569 bits per heavy atom. The first kappa shape index (κ1) is 48.9. The van der Waals surface area contributed by atoms with Crippen LogP contribution in [0, 0.1) is 0 Å². The van der Waals surface area contributed by atoms with Crippen molar-refractivity contribution >= 4 is 157 Å². The molecule has 11 nitrogen and oxygen atoms in total. The topological polar surface area (TPSA) is 189 Å². The van der Waals surface area contributed by atoms with Crippen molar-refractivity contribution in [2.45, 2.75) is 112 Å². The Hall–Kier alpha value is -0.140. The molecular weight excluding hydrogens is 750 g/mol. The van der Waals surface area contributed by atoms with Gasteiger partial charge in [0.25, 0.3) is 30.4 Å². The molecule has 0 aromatic heterocycles. The Kier molecular flexibility index (Phi) is 20.9. The van der Waals surface area contributed by atoms with Crippen molar-refractivity contribution in [2.24, 2.45) is 0 Å². The Morgan fingerprint density at radius 2 is 0.941 bits per heavy atom. The van der Waals surface area contributed by atoms with E-state index >= 15 is 0 Å². The molecule has 4 rings (SSSR count). The quantitative estimate of drug-likeness (QED) is 0.0167. The smallest absolute Gasteiger partial charge is 0.311 e. The largest absolute Gasteiger partial charge is 0.426 e. The summed E-state index contributed by atoms with van der Waals surface area (Å²) in [6.07, 6.45) is 18.6. The van der Waals surface area contributed by atoms with E-state index in [-0.39, 0.29) is 133 Å². The molecule has 0 amide bonds. The van der Waals surface area contributed by atoms with Crippen LogP contribution in [-0.2, 0) is 35.1 Å². The van der Waals surface area contributed by atoms with E-state index in [0.29, 0.717) is 12.5 Å². The van der Waals surface area contributed by atoms with E-state index in [2.05, 4.69) is 19.1 Å². The number of carbonyl (C=O) groups excluding carboxylic acids is 1. The van der Waals surface area contributed by atoms with Crippen molar-refractivity contribution in [2.75, 3.05) is 0 Å². The van der Waals surface area contributed by atoms with Crippen LogP contribution < -0.4 is 4.74 Å². The summed E-state index contributed by atoms with van der Waals surface area (Å²) in [7, 11) is -15.0. The van der Waals surface area contributed by atoms with Gasteiger partial charge >= 0.3 is 5.97 Å². The number of esters is 1. The van der Waals surface area contributed by atoms with Crippen LogP contribution >= 0.6 is 0 Å². The molecule has 3 radical (unpaired) electrons. The molecule has 0 saturated heterocycles. The van der Waals surface area contributed by atoms with E-state index in [1.54, 1.807) is 0 Å². The minimum absolute atomic E-state index is 0. The number of rotatable bonds is 19. The first-order chi connectivity index (χ1) is 22.6. The molecule has 51 heavy (non-hydrogen) atoms. The van der Waals surface area contributed by atoms with Gasteiger partial charge < -0.3 is 4.74 Å². The fourth-order valence-electron chi connectivity index (χ4n) is 6.10. The van der Waals surface area contributed by atoms with E-state index in [1.807, 2.05) is 0 Å². The van der Waals surface area contributed by atoms with E-state index in [1.165, 1.54) is 56.7 Å². The third kappa shape index (κ3) is 13.2. The maximum Gasteiger partial charge on any atom is 0.311 e. The number of unbranched alkanes of at least 4 members (excludes halogenated alkanes) is 11. The fourth-order valence-corrected chi connectivity index (χ4v) is 8.31. The number of benzene rings is 4. The van der Waals surface area contributed by atoms with Gasteiger partial charge in [0, 0.05) is 133 Å². The molecule has 0 bridgehead atoms. The van der Waals surface area contributed by atoms with Gasteiger partial charge in [0.15, 0.2) is 0 Å². The van der Waals surface area contributed by atoms with Gasteiger partial charge in [-0.25, -0.2) is 0 Å². The van der Waals surface area contributed by atoms with Crippen LogP contribution in [0.3, 0.4) is 0 Å². The summed E-state index contributed by atoms with van der Waals surface area (Å²) in [5.74, 6) is -0.922. The molecule has 4 aromatic rings. The standard InChI is InChI=1S/C34H42O11S3.3Na/c1-2-3-4-5-6-7-8-9-10-11-12-13-14-15-16-17-32(35)45-28-22-29(46(36,37)38)25-20-21-27-31(48(42,43)44)23-30(47(39,40)41)26-19-18-24(28)33(25)34(26)27;;;/h9-10,18-23H,2-8,11-17H2,1H3,(H,36,37,38)(H,39,40,41)(H,42,43,44);;;/b10-9-;;;. The average molecular weight is 792 g/mol. The number of hydrogen-bond donors (Lipinski definition) is 3. The number of hydrogen-bond acceptors (Lipinski definition) is 8. The SMILES string of the molecule is CCCCCCCC/C=C\CCCCCCCC(=O)Oc1cc(S(=O)(=O)O)c2ccc3c(S(=O)(=O)O)cc(S(=O)(=O)O)c4ccc1c2c43.[Na].[Na].[Na]. The molecule has 0 saturated carbocycles. The molecule has 3 N–H and O–H groups in total. The summed E-state index contributed by atoms with van der Waals surface area (Å²) >= 11 is 0. The number of ether oxygens (including phenoxy) is 1. The van der Waals surface area contributed by atoms with Crippen LogP contribution in [0.25, 0.3) is 32.3 Å². The molecule has 17 heteroatoms. The first-order valence-corrected chi connectivity index (χ1v) is 20.5. The van der Waals surface area contributed by atoms with Gasteiger partial charge in [-0.15, -0.1) is 0 Å². The summed E-state index contributed by atoms with van der Waals surface area (Å²) in [5, 5.41) is -0.585. The van der Waals surface area contributed by atoms with Crippen molar-refractivity contribution < 1.29 is 48.4 Å². The molecule has 0 heterocycles. The fraction of sp³-hybridized carbons (Fsp3) is 0.441. The average Bonchev–Trinajstić information content (AvgIpc) is 3.00. The first-order valence-electron chi connectivity index (χ1n) is 16.2. The van der Waals surface area contributed by atoms with Crippen molar-refractivity contribution in [1.82, 2.24) is 0 Å². The number of carbonyl (C=O) groups is 1. The van der Waals surface area contributed by atoms with E-state index in [4.69, 9.17) is 4.74 Å². The zero-order valence-electron chi connectivity index (χ0n) is 29.9.